The summed E-state index contributed by atoms with van der Waals surface area (Å²) in [6, 6.07) is 5.76. The standard InChI is InChI=1S/C22H29N3O3/c26-20(14-18-6-2-1-3-7-18)24-12-9-22(10-13-24)17-25(21(27)16-28-22)15-19-8-4-5-11-23-19/h4-6,8,11H,1-3,7,9-10,12-17H2. The fraction of sp³-hybridized carbons (Fsp3) is 0.591. The van der Waals surface area contributed by atoms with Crippen molar-refractivity contribution in [3.8, 4) is 0 Å². The molecule has 0 unspecified atom stereocenters. The van der Waals surface area contributed by atoms with Crippen molar-refractivity contribution in [3.05, 3.63) is 41.7 Å². The van der Waals surface area contributed by atoms with Crippen LogP contribution < -0.4 is 0 Å². The number of carbonyl (C=O) groups excluding carboxylic acids is 2. The van der Waals surface area contributed by atoms with Gasteiger partial charge in [0.25, 0.3) is 0 Å². The molecule has 0 bridgehead atoms. The first-order valence-electron chi connectivity index (χ1n) is 10.4. The number of aromatic nitrogens is 1. The number of nitrogens with zero attached hydrogens (tertiary/aromatic N) is 3. The zero-order valence-corrected chi connectivity index (χ0v) is 16.4. The molecule has 6 nitrogen and oxygen atoms in total. The molecular formula is C22H29N3O3. The Kier molecular flexibility index (Phi) is 5.76. The summed E-state index contributed by atoms with van der Waals surface area (Å²) in [6.45, 7) is 2.63. The summed E-state index contributed by atoms with van der Waals surface area (Å²) >= 11 is 0. The number of ether oxygens (including phenoxy) is 1. The normalized spacial score (nSPS) is 22.3. The Hall–Kier alpha value is -2.21. The third-order valence-corrected chi connectivity index (χ3v) is 6.20. The first-order chi connectivity index (χ1) is 13.6. The highest BCUT2D eigenvalue weighted by molar-refractivity contribution is 5.79. The molecule has 1 aromatic rings. The Morgan fingerprint density at radius 1 is 1.21 bits per heavy atom. The molecule has 2 aliphatic heterocycles. The van der Waals surface area contributed by atoms with Crippen LogP contribution in [0.5, 0.6) is 0 Å². The number of hydrogen-bond donors (Lipinski definition) is 0. The highest BCUT2D eigenvalue weighted by Gasteiger charge is 2.43. The Morgan fingerprint density at radius 2 is 2.07 bits per heavy atom. The van der Waals surface area contributed by atoms with E-state index in [2.05, 4.69) is 11.1 Å². The second kappa shape index (κ2) is 8.43. The minimum absolute atomic E-state index is 0.0130. The zero-order valence-electron chi connectivity index (χ0n) is 16.4. The lowest BCUT2D eigenvalue weighted by Crippen LogP contribution is -2.59. The molecule has 0 saturated carbocycles. The molecule has 3 heterocycles. The molecule has 150 valence electrons. The minimum Gasteiger partial charge on any atom is -0.363 e. The van der Waals surface area contributed by atoms with Gasteiger partial charge in [0.1, 0.15) is 6.61 Å². The first kappa shape index (κ1) is 19.1. The lowest BCUT2D eigenvalue weighted by molar-refractivity contribution is -0.174. The summed E-state index contributed by atoms with van der Waals surface area (Å²) in [6.07, 6.45) is 10.8. The van der Waals surface area contributed by atoms with Crippen LogP contribution in [0.2, 0.25) is 0 Å². The molecule has 2 amide bonds. The minimum atomic E-state index is -0.330. The van der Waals surface area contributed by atoms with Gasteiger partial charge in [0.15, 0.2) is 0 Å². The average molecular weight is 383 g/mol. The highest BCUT2D eigenvalue weighted by atomic mass is 16.5. The molecule has 1 aromatic heterocycles. The highest BCUT2D eigenvalue weighted by Crippen LogP contribution is 2.32. The fourth-order valence-corrected chi connectivity index (χ4v) is 4.46. The zero-order chi connectivity index (χ0) is 19.4. The predicted molar refractivity (Wildman–Crippen MR) is 105 cm³/mol. The van der Waals surface area contributed by atoms with Crippen molar-refractivity contribution >= 4 is 11.8 Å². The van der Waals surface area contributed by atoms with Crippen molar-refractivity contribution in [3.63, 3.8) is 0 Å². The maximum Gasteiger partial charge on any atom is 0.249 e. The first-order valence-corrected chi connectivity index (χ1v) is 10.4. The van der Waals surface area contributed by atoms with Gasteiger partial charge < -0.3 is 14.5 Å². The Morgan fingerprint density at radius 3 is 2.79 bits per heavy atom. The Bertz CT molecular complexity index is 739. The van der Waals surface area contributed by atoms with E-state index in [1.54, 1.807) is 6.20 Å². The Balaban J connectivity index is 1.33. The van der Waals surface area contributed by atoms with Crippen LogP contribution in [-0.2, 0) is 20.9 Å². The molecule has 28 heavy (non-hydrogen) atoms. The van der Waals surface area contributed by atoms with Gasteiger partial charge in [-0.05, 0) is 50.7 Å². The lowest BCUT2D eigenvalue weighted by Gasteiger charge is -2.47. The molecule has 2 saturated heterocycles. The second-order valence-electron chi connectivity index (χ2n) is 8.21. The monoisotopic (exact) mass is 383 g/mol. The van der Waals surface area contributed by atoms with Crippen LogP contribution in [0.1, 0.15) is 50.6 Å². The van der Waals surface area contributed by atoms with Gasteiger partial charge in [0.05, 0.1) is 24.4 Å². The van der Waals surface area contributed by atoms with Crippen LogP contribution in [0.4, 0.5) is 0 Å². The predicted octanol–water partition coefficient (Wildman–Crippen LogP) is 2.69. The third-order valence-electron chi connectivity index (χ3n) is 6.20. The Labute approximate surface area is 166 Å². The number of pyridine rings is 1. The van der Waals surface area contributed by atoms with E-state index >= 15 is 0 Å². The summed E-state index contributed by atoms with van der Waals surface area (Å²) in [5, 5.41) is 0. The number of carbonyl (C=O) groups is 2. The molecule has 1 aliphatic carbocycles. The number of allylic oxidation sites excluding steroid dienone is 1. The van der Waals surface area contributed by atoms with E-state index in [1.807, 2.05) is 28.0 Å². The van der Waals surface area contributed by atoms with Crippen molar-refractivity contribution in [1.82, 2.24) is 14.8 Å². The van der Waals surface area contributed by atoms with Crippen molar-refractivity contribution in [2.45, 2.75) is 57.1 Å². The largest absolute Gasteiger partial charge is 0.363 e. The number of rotatable bonds is 4. The molecule has 0 aromatic carbocycles. The van der Waals surface area contributed by atoms with Gasteiger partial charge in [0.2, 0.25) is 11.8 Å². The van der Waals surface area contributed by atoms with E-state index in [-0.39, 0.29) is 24.0 Å². The second-order valence-corrected chi connectivity index (χ2v) is 8.21. The van der Waals surface area contributed by atoms with Gasteiger partial charge in [-0.2, -0.15) is 0 Å². The van der Waals surface area contributed by atoms with Gasteiger partial charge in [-0.3, -0.25) is 14.6 Å². The van der Waals surface area contributed by atoms with Gasteiger partial charge in [0, 0.05) is 25.7 Å². The van der Waals surface area contributed by atoms with Crippen molar-refractivity contribution in [2.75, 3.05) is 26.2 Å². The third kappa shape index (κ3) is 4.43. The van der Waals surface area contributed by atoms with Crippen LogP contribution in [0, 0.1) is 0 Å². The molecule has 6 heteroatoms. The maximum atomic E-state index is 12.7. The van der Waals surface area contributed by atoms with E-state index in [0.29, 0.717) is 32.6 Å². The summed E-state index contributed by atoms with van der Waals surface area (Å²) < 4.78 is 6.00. The van der Waals surface area contributed by atoms with E-state index in [9.17, 15) is 9.59 Å². The molecule has 3 aliphatic rings. The number of likely N-dealkylation sites (tertiary alicyclic amines) is 1. The van der Waals surface area contributed by atoms with Crippen molar-refractivity contribution in [1.29, 1.82) is 0 Å². The van der Waals surface area contributed by atoms with Crippen LogP contribution in [0.25, 0.3) is 0 Å². The van der Waals surface area contributed by atoms with Crippen molar-refractivity contribution in [2.24, 2.45) is 0 Å². The molecule has 0 atom stereocenters. The molecular weight excluding hydrogens is 354 g/mol. The molecule has 1 spiro atoms. The van der Waals surface area contributed by atoms with Gasteiger partial charge in [-0.25, -0.2) is 0 Å². The summed E-state index contributed by atoms with van der Waals surface area (Å²) in [4.78, 5) is 33.2. The SMILES string of the molecule is O=C(CC1=CCCCC1)N1CCC2(CC1)CN(Cc1ccccn1)C(=O)CO2. The summed E-state index contributed by atoms with van der Waals surface area (Å²) in [7, 11) is 0. The van der Waals surface area contributed by atoms with Crippen LogP contribution in [0.15, 0.2) is 36.0 Å². The van der Waals surface area contributed by atoms with Crippen LogP contribution in [0.3, 0.4) is 0 Å². The fourth-order valence-electron chi connectivity index (χ4n) is 4.46. The number of piperidine rings is 1. The molecule has 4 rings (SSSR count). The topological polar surface area (TPSA) is 62.7 Å². The molecule has 0 N–H and O–H groups in total. The van der Waals surface area contributed by atoms with Crippen molar-refractivity contribution < 1.29 is 14.3 Å². The quantitative estimate of drug-likeness (QED) is 0.750. The van der Waals surface area contributed by atoms with Gasteiger partial charge in [-0.15, -0.1) is 0 Å². The van der Waals surface area contributed by atoms with E-state index < -0.39 is 0 Å². The molecule has 2 fully saturated rings. The lowest BCUT2D eigenvalue weighted by atomic mass is 9.88. The number of amides is 2. The van der Waals surface area contributed by atoms with E-state index in [1.165, 1.54) is 18.4 Å². The van der Waals surface area contributed by atoms with E-state index in [0.717, 1.165) is 31.4 Å². The van der Waals surface area contributed by atoms with Gasteiger partial charge >= 0.3 is 0 Å². The number of morpholine rings is 1. The maximum absolute atomic E-state index is 12.7. The van der Waals surface area contributed by atoms with E-state index in [4.69, 9.17) is 4.74 Å². The average Bonchev–Trinajstić information content (AvgIpc) is 2.73. The summed E-state index contributed by atoms with van der Waals surface area (Å²) in [5.41, 5.74) is 1.86. The molecule has 0 radical (unpaired) electrons. The van der Waals surface area contributed by atoms with Crippen LogP contribution >= 0.6 is 0 Å². The smallest absolute Gasteiger partial charge is 0.249 e. The van der Waals surface area contributed by atoms with Crippen LogP contribution in [-0.4, -0.2) is 58.4 Å². The van der Waals surface area contributed by atoms with Gasteiger partial charge in [-0.1, -0.05) is 17.7 Å². The summed E-state index contributed by atoms with van der Waals surface area (Å²) in [5.74, 6) is 0.249. The number of hydrogen-bond acceptors (Lipinski definition) is 4.